The fraction of sp³-hybridized carbons (Fsp3) is 0.250. The number of nitrogens with one attached hydrogen (secondary N) is 2. The predicted octanol–water partition coefficient (Wildman–Crippen LogP) is 1.19. The van der Waals surface area contributed by atoms with E-state index in [1.165, 1.54) is 23.0 Å². The summed E-state index contributed by atoms with van der Waals surface area (Å²) in [4.78, 5) is 34.2. The Bertz CT molecular complexity index is 631. The number of hydrogen-bond acceptors (Lipinski definition) is 6. The molecule has 0 bridgehead atoms. The van der Waals surface area contributed by atoms with Gasteiger partial charge in [-0.05, 0) is 13.0 Å². The normalized spacial score (nSPS) is 11.7. The fourth-order valence-corrected chi connectivity index (χ4v) is 2.29. The molecule has 0 radical (unpaired) electrons. The molecule has 0 saturated carbocycles. The Hall–Kier alpha value is -2.55. The minimum Gasteiger partial charge on any atom is -0.476 e. The van der Waals surface area contributed by atoms with Gasteiger partial charge in [-0.15, -0.1) is 11.3 Å². The SMILES string of the molecule is CC(NC(=O)NCc1ccncn1)c1nc(C(=O)O)cs1. The van der Waals surface area contributed by atoms with Crippen LogP contribution < -0.4 is 10.6 Å². The summed E-state index contributed by atoms with van der Waals surface area (Å²) in [6.45, 7) is 2.01. The summed E-state index contributed by atoms with van der Waals surface area (Å²) in [5, 5.41) is 16.1. The fourth-order valence-electron chi connectivity index (χ4n) is 1.49. The number of carboxylic acids is 1. The van der Waals surface area contributed by atoms with Crippen molar-refractivity contribution in [3.63, 3.8) is 0 Å². The van der Waals surface area contributed by atoms with Crippen LogP contribution in [0.15, 0.2) is 24.0 Å². The average Bonchev–Trinajstić information content (AvgIpc) is 2.96. The number of aromatic nitrogens is 3. The lowest BCUT2D eigenvalue weighted by Gasteiger charge is -2.12. The maximum Gasteiger partial charge on any atom is 0.355 e. The topological polar surface area (TPSA) is 117 Å². The van der Waals surface area contributed by atoms with Crippen molar-refractivity contribution in [2.24, 2.45) is 0 Å². The number of carboxylic acid groups (broad SMARTS) is 1. The van der Waals surface area contributed by atoms with E-state index < -0.39 is 5.97 Å². The van der Waals surface area contributed by atoms with E-state index in [9.17, 15) is 9.59 Å². The Morgan fingerprint density at radius 3 is 2.90 bits per heavy atom. The van der Waals surface area contributed by atoms with E-state index in [0.717, 1.165) is 0 Å². The van der Waals surface area contributed by atoms with Gasteiger partial charge in [-0.25, -0.2) is 24.5 Å². The van der Waals surface area contributed by atoms with Crippen LogP contribution in [0.2, 0.25) is 0 Å². The van der Waals surface area contributed by atoms with Crippen molar-refractivity contribution in [2.75, 3.05) is 0 Å². The van der Waals surface area contributed by atoms with Crippen LogP contribution in [0, 0.1) is 0 Å². The van der Waals surface area contributed by atoms with Crippen LogP contribution in [-0.4, -0.2) is 32.1 Å². The highest BCUT2D eigenvalue weighted by atomic mass is 32.1. The highest BCUT2D eigenvalue weighted by molar-refractivity contribution is 7.09. The summed E-state index contributed by atoms with van der Waals surface area (Å²) >= 11 is 1.19. The van der Waals surface area contributed by atoms with Gasteiger partial charge in [0.15, 0.2) is 5.69 Å². The van der Waals surface area contributed by atoms with Crippen LogP contribution in [-0.2, 0) is 6.54 Å². The zero-order valence-corrected chi connectivity index (χ0v) is 11.9. The van der Waals surface area contributed by atoms with E-state index in [1.807, 2.05) is 0 Å². The molecule has 1 unspecified atom stereocenters. The number of aromatic carboxylic acids is 1. The third-order valence-corrected chi connectivity index (χ3v) is 3.56. The molecule has 9 heteroatoms. The first-order chi connectivity index (χ1) is 10.1. The van der Waals surface area contributed by atoms with E-state index in [2.05, 4.69) is 25.6 Å². The van der Waals surface area contributed by atoms with Gasteiger partial charge in [0.1, 0.15) is 11.3 Å². The summed E-state index contributed by atoms with van der Waals surface area (Å²) in [7, 11) is 0. The van der Waals surface area contributed by atoms with Crippen LogP contribution in [0.1, 0.15) is 34.2 Å². The van der Waals surface area contributed by atoms with Gasteiger partial charge in [-0.2, -0.15) is 0 Å². The minimum atomic E-state index is -1.09. The van der Waals surface area contributed by atoms with Crippen LogP contribution in [0.5, 0.6) is 0 Å². The van der Waals surface area contributed by atoms with E-state index in [0.29, 0.717) is 10.7 Å². The van der Waals surface area contributed by atoms with Gasteiger partial charge in [0.25, 0.3) is 0 Å². The zero-order valence-electron chi connectivity index (χ0n) is 11.1. The third kappa shape index (κ3) is 4.21. The first kappa shape index (κ1) is 14.9. The molecule has 2 heterocycles. The number of amides is 2. The van der Waals surface area contributed by atoms with Crippen molar-refractivity contribution in [3.05, 3.63) is 40.4 Å². The molecule has 110 valence electrons. The van der Waals surface area contributed by atoms with E-state index in [4.69, 9.17) is 5.11 Å². The van der Waals surface area contributed by atoms with Gasteiger partial charge in [-0.3, -0.25) is 0 Å². The van der Waals surface area contributed by atoms with E-state index in [-0.39, 0.29) is 24.3 Å². The van der Waals surface area contributed by atoms with Crippen molar-refractivity contribution >= 4 is 23.3 Å². The van der Waals surface area contributed by atoms with Crippen LogP contribution in [0.4, 0.5) is 4.79 Å². The monoisotopic (exact) mass is 307 g/mol. The molecule has 2 aromatic rings. The molecule has 0 aliphatic carbocycles. The molecular weight excluding hydrogens is 294 g/mol. The van der Waals surface area contributed by atoms with Crippen LogP contribution >= 0.6 is 11.3 Å². The third-order valence-electron chi connectivity index (χ3n) is 2.53. The van der Waals surface area contributed by atoms with Crippen molar-refractivity contribution < 1.29 is 14.7 Å². The smallest absolute Gasteiger partial charge is 0.355 e. The first-order valence-corrected chi connectivity index (χ1v) is 6.92. The Morgan fingerprint density at radius 2 is 2.29 bits per heavy atom. The number of urea groups is 1. The molecule has 2 amide bonds. The van der Waals surface area contributed by atoms with Gasteiger partial charge in [0.2, 0.25) is 0 Å². The average molecular weight is 307 g/mol. The molecule has 0 aromatic carbocycles. The zero-order chi connectivity index (χ0) is 15.2. The maximum absolute atomic E-state index is 11.7. The first-order valence-electron chi connectivity index (χ1n) is 6.04. The molecule has 21 heavy (non-hydrogen) atoms. The number of thiazole rings is 1. The number of hydrogen-bond donors (Lipinski definition) is 3. The van der Waals surface area contributed by atoms with Gasteiger partial charge >= 0.3 is 12.0 Å². The Morgan fingerprint density at radius 1 is 1.48 bits per heavy atom. The standard InChI is InChI=1S/C12H13N5O3S/c1-7(10-17-9(5-21-10)11(18)19)16-12(20)14-4-8-2-3-13-6-15-8/h2-3,5-7H,4H2,1H3,(H,18,19)(H2,14,16,20). The molecular formula is C12H13N5O3S. The van der Waals surface area contributed by atoms with Gasteiger partial charge in [-0.1, -0.05) is 0 Å². The van der Waals surface area contributed by atoms with Gasteiger partial charge < -0.3 is 15.7 Å². The van der Waals surface area contributed by atoms with Gasteiger partial charge in [0, 0.05) is 11.6 Å². The van der Waals surface area contributed by atoms with Crippen molar-refractivity contribution in [2.45, 2.75) is 19.5 Å². The lowest BCUT2D eigenvalue weighted by molar-refractivity contribution is 0.0691. The molecule has 2 aromatic heterocycles. The Kier molecular flexibility index (Phi) is 4.77. The second kappa shape index (κ2) is 6.75. The largest absolute Gasteiger partial charge is 0.476 e. The summed E-state index contributed by atoms with van der Waals surface area (Å²) in [5.74, 6) is -1.09. The molecule has 0 saturated heterocycles. The molecule has 1 atom stereocenters. The maximum atomic E-state index is 11.7. The molecule has 3 N–H and O–H groups in total. The molecule has 2 rings (SSSR count). The predicted molar refractivity (Wildman–Crippen MR) is 74.9 cm³/mol. The lowest BCUT2D eigenvalue weighted by Crippen LogP contribution is -2.36. The van der Waals surface area contributed by atoms with Crippen molar-refractivity contribution in [1.29, 1.82) is 0 Å². The van der Waals surface area contributed by atoms with Crippen LogP contribution in [0.3, 0.4) is 0 Å². The highest BCUT2D eigenvalue weighted by Crippen LogP contribution is 2.17. The summed E-state index contributed by atoms with van der Waals surface area (Å²) < 4.78 is 0. The lowest BCUT2D eigenvalue weighted by atomic mass is 10.3. The number of carbonyl (C=O) groups is 2. The van der Waals surface area contributed by atoms with Crippen molar-refractivity contribution in [1.82, 2.24) is 25.6 Å². The van der Waals surface area contributed by atoms with Gasteiger partial charge in [0.05, 0.1) is 18.3 Å². The quantitative estimate of drug-likeness (QED) is 0.764. The number of nitrogens with zero attached hydrogens (tertiary/aromatic N) is 3. The van der Waals surface area contributed by atoms with Crippen LogP contribution in [0.25, 0.3) is 0 Å². The molecule has 0 fully saturated rings. The second-order valence-corrected chi connectivity index (χ2v) is 5.02. The summed E-state index contributed by atoms with van der Waals surface area (Å²) in [5.41, 5.74) is 0.667. The Balaban J connectivity index is 1.85. The summed E-state index contributed by atoms with van der Waals surface area (Å²) in [6.07, 6.45) is 2.99. The van der Waals surface area contributed by atoms with E-state index >= 15 is 0 Å². The summed E-state index contributed by atoms with van der Waals surface area (Å²) in [6, 6.07) is 0.936. The molecule has 0 aliphatic rings. The number of rotatable bonds is 5. The minimum absolute atomic E-state index is 0.0231. The van der Waals surface area contributed by atoms with Crippen molar-refractivity contribution in [3.8, 4) is 0 Å². The Labute approximate surface area is 124 Å². The molecule has 0 aliphatic heterocycles. The highest BCUT2D eigenvalue weighted by Gasteiger charge is 2.15. The molecule has 8 nitrogen and oxygen atoms in total. The second-order valence-electron chi connectivity index (χ2n) is 4.13. The van der Waals surface area contributed by atoms with E-state index in [1.54, 1.807) is 19.2 Å². The molecule has 0 spiro atoms. The number of carbonyl (C=O) groups excluding carboxylic acids is 1.